The van der Waals surface area contributed by atoms with Gasteiger partial charge in [0.15, 0.2) is 12.5 Å². The summed E-state index contributed by atoms with van der Waals surface area (Å²) in [5, 5.41) is 12.0. The lowest BCUT2D eigenvalue weighted by Crippen LogP contribution is -2.48. The van der Waals surface area contributed by atoms with Crippen LogP contribution in [0.15, 0.2) is 17.1 Å². The molecule has 2 atom stereocenters. The quantitative estimate of drug-likeness (QED) is 0.628. The van der Waals surface area contributed by atoms with Gasteiger partial charge in [-0.1, -0.05) is 26.2 Å². The second kappa shape index (κ2) is 8.77. The van der Waals surface area contributed by atoms with Gasteiger partial charge in [0, 0.05) is 11.6 Å². The molecule has 4 aliphatic rings. The Kier molecular flexibility index (Phi) is 6.27. The average molecular weight is 420 g/mol. The Morgan fingerprint density at radius 2 is 2.00 bits per heavy atom. The third kappa shape index (κ3) is 4.18. The molecule has 2 N–H and O–H groups in total. The predicted molar refractivity (Wildman–Crippen MR) is 111 cm³/mol. The van der Waals surface area contributed by atoms with Gasteiger partial charge in [0.1, 0.15) is 5.82 Å². The van der Waals surface area contributed by atoms with Gasteiger partial charge in [-0.15, -0.1) is 0 Å². The molecule has 3 saturated carbocycles. The van der Waals surface area contributed by atoms with Crippen LogP contribution in [-0.2, 0) is 14.3 Å². The van der Waals surface area contributed by atoms with Crippen molar-refractivity contribution in [2.75, 3.05) is 18.5 Å². The van der Waals surface area contributed by atoms with E-state index in [1.165, 1.54) is 30.3 Å². The number of hydrogen-bond acceptors (Lipinski definition) is 6. The number of anilines is 1. The van der Waals surface area contributed by atoms with Crippen LogP contribution in [0.3, 0.4) is 0 Å². The predicted octanol–water partition coefficient (Wildman–Crippen LogP) is 2.97. The van der Waals surface area contributed by atoms with Crippen molar-refractivity contribution in [2.24, 2.45) is 10.8 Å². The molecule has 4 fully saturated rings. The number of aromatic nitrogens is 2. The van der Waals surface area contributed by atoms with Crippen LogP contribution in [0.4, 0.5) is 5.82 Å². The Balaban J connectivity index is 1.37. The fraction of sp³-hybridized carbons (Fsp3) is 0.773. The molecule has 8 nitrogen and oxygen atoms in total. The van der Waals surface area contributed by atoms with Crippen LogP contribution in [0.1, 0.15) is 77.4 Å². The number of unbranched alkanes of at least 4 members (excludes halogenated alkanes) is 2. The van der Waals surface area contributed by atoms with E-state index >= 15 is 0 Å². The number of hydrogen-bond donors (Lipinski definition) is 2. The molecule has 8 heteroatoms. The first kappa shape index (κ1) is 21.5. The van der Waals surface area contributed by atoms with Crippen molar-refractivity contribution in [1.29, 1.82) is 0 Å². The van der Waals surface area contributed by atoms with Crippen molar-refractivity contribution in [3.63, 3.8) is 0 Å². The molecule has 1 amide bonds. The molecule has 166 valence electrons. The first-order valence-electron chi connectivity index (χ1n) is 11.3. The molecule has 1 aromatic rings. The lowest BCUT2D eigenvalue weighted by molar-refractivity contribution is -0.135. The number of ether oxygens (including phenoxy) is 2. The maximum absolute atomic E-state index is 13.1. The van der Waals surface area contributed by atoms with Crippen LogP contribution in [-0.4, -0.2) is 40.1 Å². The maximum Gasteiger partial charge on any atom is 0.351 e. The molecule has 1 aliphatic heterocycles. The van der Waals surface area contributed by atoms with Crippen molar-refractivity contribution < 1.29 is 19.4 Å². The molecule has 0 spiro atoms. The number of aliphatic hydroxyl groups is 1. The summed E-state index contributed by atoms with van der Waals surface area (Å²) in [5.74, 6) is 0.272. The Bertz CT molecular complexity index is 799. The Labute approximate surface area is 177 Å². The number of nitrogens with zero attached hydrogens (tertiary/aromatic N) is 2. The van der Waals surface area contributed by atoms with E-state index in [1.807, 2.05) is 0 Å². The van der Waals surface area contributed by atoms with Crippen molar-refractivity contribution in [1.82, 2.24) is 9.55 Å². The third-order valence-corrected chi connectivity index (χ3v) is 7.46. The van der Waals surface area contributed by atoms with Gasteiger partial charge in [-0.05, 0) is 56.4 Å². The van der Waals surface area contributed by atoms with Gasteiger partial charge in [0.25, 0.3) is 0 Å². The van der Waals surface area contributed by atoms with Gasteiger partial charge in [-0.25, -0.2) is 4.79 Å². The molecule has 1 saturated heterocycles. The van der Waals surface area contributed by atoms with Crippen molar-refractivity contribution in [3.8, 4) is 0 Å². The zero-order valence-electron chi connectivity index (χ0n) is 17.8. The van der Waals surface area contributed by atoms with E-state index in [9.17, 15) is 9.59 Å². The fourth-order valence-corrected chi connectivity index (χ4v) is 5.36. The van der Waals surface area contributed by atoms with Crippen LogP contribution < -0.4 is 11.0 Å². The molecule has 30 heavy (non-hydrogen) atoms. The molecule has 0 radical (unpaired) electrons. The van der Waals surface area contributed by atoms with Crippen LogP contribution in [0.25, 0.3) is 0 Å². The smallest absolute Gasteiger partial charge is 0.351 e. The van der Waals surface area contributed by atoms with E-state index in [1.54, 1.807) is 12.3 Å². The first-order chi connectivity index (χ1) is 14.5. The summed E-state index contributed by atoms with van der Waals surface area (Å²) >= 11 is 0. The SMILES string of the molecule is CCCCCC12CCC(C(=O)Nc3ccn(C4COC(CO)O4)c(=O)n3)(CC1)CC2. The monoisotopic (exact) mass is 419 g/mol. The summed E-state index contributed by atoms with van der Waals surface area (Å²) in [6, 6.07) is 1.62. The van der Waals surface area contributed by atoms with E-state index < -0.39 is 18.2 Å². The van der Waals surface area contributed by atoms with Gasteiger partial charge < -0.3 is 19.9 Å². The van der Waals surface area contributed by atoms with E-state index in [2.05, 4.69) is 17.2 Å². The van der Waals surface area contributed by atoms with Gasteiger partial charge in [0.2, 0.25) is 5.91 Å². The highest BCUT2D eigenvalue weighted by Crippen LogP contribution is 2.59. The molecular formula is C22H33N3O5. The Morgan fingerprint density at radius 3 is 2.60 bits per heavy atom. The number of rotatable bonds is 8. The van der Waals surface area contributed by atoms with Crippen LogP contribution in [0, 0.1) is 10.8 Å². The topological polar surface area (TPSA) is 103 Å². The second-order valence-corrected chi connectivity index (χ2v) is 9.23. The first-order valence-corrected chi connectivity index (χ1v) is 11.3. The number of carbonyl (C=O) groups is 1. The molecule has 2 unspecified atom stereocenters. The summed E-state index contributed by atoms with van der Waals surface area (Å²) in [6.07, 6.45) is 11.5. The minimum atomic E-state index is -0.730. The minimum absolute atomic E-state index is 0.00481. The number of aliphatic hydroxyl groups excluding tert-OH is 1. The third-order valence-electron chi connectivity index (χ3n) is 7.46. The summed E-state index contributed by atoms with van der Waals surface area (Å²) < 4.78 is 12.0. The molecule has 2 bridgehead atoms. The van der Waals surface area contributed by atoms with Crippen molar-refractivity contribution in [3.05, 3.63) is 22.7 Å². The number of nitrogens with one attached hydrogen (secondary N) is 1. The van der Waals surface area contributed by atoms with E-state index in [-0.39, 0.29) is 30.4 Å². The Hall–Kier alpha value is -1.77. The molecule has 0 aromatic carbocycles. The van der Waals surface area contributed by atoms with Crippen LogP contribution >= 0.6 is 0 Å². The summed E-state index contributed by atoms with van der Waals surface area (Å²) in [4.78, 5) is 29.5. The largest absolute Gasteiger partial charge is 0.391 e. The minimum Gasteiger partial charge on any atom is -0.391 e. The molecule has 1 aromatic heterocycles. The molecule has 3 aliphatic carbocycles. The molecule has 2 heterocycles. The second-order valence-electron chi connectivity index (χ2n) is 9.23. The van der Waals surface area contributed by atoms with Gasteiger partial charge >= 0.3 is 5.69 Å². The number of fused-ring (bicyclic) bond motifs is 3. The van der Waals surface area contributed by atoms with E-state index in [4.69, 9.17) is 14.6 Å². The zero-order valence-corrected chi connectivity index (χ0v) is 17.8. The van der Waals surface area contributed by atoms with E-state index in [0.717, 1.165) is 38.5 Å². The Morgan fingerprint density at radius 1 is 1.27 bits per heavy atom. The lowest BCUT2D eigenvalue weighted by atomic mass is 9.52. The number of amides is 1. The van der Waals surface area contributed by atoms with Crippen LogP contribution in [0.5, 0.6) is 0 Å². The van der Waals surface area contributed by atoms with Crippen molar-refractivity contribution in [2.45, 2.75) is 83.6 Å². The highest BCUT2D eigenvalue weighted by atomic mass is 16.7. The standard InChI is InChI=1S/C22H33N3O5/c1-2-3-4-6-21-7-10-22(11-8-21,12-9-21)19(27)23-16-5-13-25(20(28)24-16)17-15-29-18(14-26)30-17/h5,13,17-18,26H,2-4,6-12,14-15H2,1H3,(H,23,24,27,28). The fourth-order valence-electron chi connectivity index (χ4n) is 5.36. The molecule has 5 rings (SSSR count). The normalized spacial score (nSPS) is 33.0. The van der Waals surface area contributed by atoms with Crippen LogP contribution in [0.2, 0.25) is 0 Å². The molecular weight excluding hydrogens is 386 g/mol. The average Bonchev–Trinajstić information content (AvgIpc) is 3.24. The maximum atomic E-state index is 13.1. The lowest BCUT2D eigenvalue weighted by Gasteiger charge is -2.52. The summed E-state index contributed by atoms with van der Waals surface area (Å²) in [7, 11) is 0. The zero-order chi connectivity index (χ0) is 21.2. The van der Waals surface area contributed by atoms with Crippen molar-refractivity contribution >= 4 is 11.7 Å². The van der Waals surface area contributed by atoms with Gasteiger partial charge in [-0.2, -0.15) is 4.98 Å². The highest BCUT2D eigenvalue weighted by Gasteiger charge is 2.51. The highest BCUT2D eigenvalue weighted by molar-refractivity contribution is 5.94. The summed E-state index contributed by atoms with van der Waals surface area (Å²) in [5.41, 5.74) is -0.384. The van der Waals surface area contributed by atoms with E-state index in [0.29, 0.717) is 5.41 Å². The van der Waals surface area contributed by atoms with Gasteiger partial charge in [-0.3, -0.25) is 9.36 Å². The van der Waals surface area contributed by atoms with Gasteiger partial charge in [0.05, 0.1) is 13.2 Å². The number of carbonyl (C=O) groups excluding carboxylic acids is 1. The summed E-state index contributed by atoms with van der Waals surface area (Å²) in [6.45, 7) is 2.14.